The topological polar surface area (TPSA) is 55.1 Å². The fourth-order valence-electron chi connectivity index (χ4n) is 4.59. The van der Waals surface area contributed by atoms with Crippen LogP contribution >= 0.6 is 0 Å². The fraction of sp³-hybridized carbons (Fsp3) is 0.360. The molecule has 2 aromatic carbocycles. The predicted molar refractivity (Wildman–Crippen MR) is 125 cm³/mol. The number of carbonyl (C=O) groups excluding carboxylic acids is 1. The molecular weight excluding hydrogens is 443 g/mol. The largest absolute Gasteiger partial charge is 0.416 e. The third kappa shape index (κ3) is 3.94. The molecule has 1 amide bonds. The van der Waals surface area contributed by atoms with Gasteiger partial charge < -0.3 is 10.2 Å². The Morgan fingerprint density at radius 3 is 2.47 bits per heavy atom. The van der Waals surface area contributed by atoms with Gasteiger partial charge in [-0.15, -0.1) is 0 Å². The van der Waals surface area contributed by atoms with Crippen molar-refractivity contribution in [1.82, 2.24) is 24.6 Å². The molecule has 5 rings (SSSR count). The first-order valence-electron chi connectivity index (χ1n) is 11.3. The van der Waals surface area contributed by atoms with Crippen molar-refractivity contribution < 1.29 is 18.0 Å². The lowest BCUT2D eigenvalue weighted by molar-refractivity contribution is -0.137. The Balaban J connectivity index is 1.45. The van der Waals surface area contributed by atoms with Crippen LogP contribution in [0, 0.1) is 5.92 Å². The molecule has 1 N–H and O–H groups in total. The Labute approximate surface area is 194 Å². The summed E-state index contributed by atoms with van der Waals surface area (Å²) in [6, 6.07) is 10.9. The number of amides is 1. The van der Waals surface area contributed by atoms with Crippen molar-refractivity contribution in [1.29, 1.82) is 0 Å². The number of carbonyl (C=O) groups is 1. The van der Waals surface area contributed by atoms with Crippen LogP contribution in [-0.2, 0) is 13.2 Å². The molecule has 1 aliphatic rings. The monoisotopic (exact) mass is 469 g/mol. The quantitative estimate of drug-likeness (QED) is 0.465. The van der Waals surface area contributed by atoms with E-state index in [1.54, 1.807) is 17.8 Å². The summed E-state index contributed by atoms with van der Waals surface area (Å²) in [5.74, 6) is 0.324. The third-order valence-electron chi connectivity index (χ3n) is 6.53. The van der Waals surface area contributed by atoms with Gasteiger partial charge in [0.15, 0.2) is 5.65 Å². The summed E-state index contributed by atoms with van der Waals surface area (Å²) in [4.78, 5) is 15.2. The number of likely N-dealkylation sites (tertiary alicyclic amines) is 1. The maximum absolute atomic E-state index is 13.0. The average Bonchev–Trinajstić information content (AvgIpc) is 3.26. The third-order valence-corrected chi connectivity index (χ3v) is 6.53. The second-order valence-corrected chi connectivity index (χ2v) is 9.28. The molecule has 1 saturated heterocycles. The standard InChI is InChI=1S/C25H26F3N5O/c1-15(2)32-12-16(13-32)11-29-24(34)17-4-9-22-20(10-17)21-14-31(3)30-23(21)33(22)19-7-5-18(6-8-19)25(26,27)28/h4-10,14-16H,11-13H2,1-3H3,(H,29,34). The summed E-state index contributed by atoms with van der Waals surface area (Å²) in [6.45, 7) is 6.95. The zero-order valence-corrected chi connectivity index (χ0v) is 19.2. The zero-order valence-electron chi connectivity index (χ0n) is 19.2. The van der Waals surface area contributed by atoms with Crippen LogP contribution in [0.2, 0.25) is 0 Å². The van der Waals surface area contributed by atoms with Crippen molar-refractivity contribution in [2.45, 2.75) is 26.1 Å². The highest BCUT2D eigenvalue weighted by molar-refractivity contribution is 6.10. The Kier molecular flexibility index (Phi) is 5.39. The molecule has 0 unspecified atom stereocenters. The van der Waals surface area contributed by atoms with E-state index in [1.165, 1.54) is 12.1 Å². The molecule has 6 nitrogen and oxygen atoms in total. The number of rotatable bonds is 5. The van der Waals surface area contributed by atoms with Gasteiger partial charge in [-0.25, -0.2) is 0 Å². The number of alkyl halides is 3. The minimum absolute atomic E-state index is 0.135. The summed E-state index contributed by atoms with van der Waals surface area (Å²) in [5, 5.41) is 9.22. The molecule has 1 aliphatic heterocycles. The Hall–Kier alpha value is -3.33. The lowest BCUT2D eigenvalue weighted by atomic mass is 9.98. The molecular formula is C25H26F3N5O. The van der Waals surface area contributed by atoms with Gasteiger partial charge in [-0.2, -0.15) is 18.3 Å². The van der Waals surface area contributed by atoms with E-state index in [-0.39, 0.29) is 5.91 Å². The van der Waals surface area contributed by atoms with Crippen molar-refractivity contribution in [3.8, 4) is 5.69 Å². The Morgan fingerprint density at radius 2 is 1.82 bits per heavy atom. The van der Waals surface area contributed by atoms with E-state index in [0.717, 1.165) is 41.5 Å². The number of halogens is 3. The maximum Gasteiger partial charge on any atom is 0.416 e. The van der Waals surface area contributed by atoms with Crippen molar-refractivity contribution in [2.75, 3.05) is 19.6 Å². The molecule has 178 valence electrons. The molecule has 2 aromatic heterocycles. The summed E-state index contributed by atoms with van der Waals surface area (Å²) in [7, 11) is 1.79. The summed E-state index contributed by atoms with van der Waals surface area (Å²) in [6.07, 6.45) is -2.54. The van der Waals surface area contributed by atoms with E-state index in [1.807, 2.05) is 22.9 Å². The van der Waals surface area contributed by atoms with Crippen LogP contribution in [0.15, 0.2) is 48.7 Å². The highest BCUT2D eigenvalue weighted by Gasteiger charge is 2.30. The van der Waals surface area contributed by atoms with Gasteiger partial charge in [0.1, 0.15) is 0 Å². The highest BCUT2D eigenvalue weighted by atomic mass is 19.4. The predicted octanol–water partition coefficient (Wildman–Crippen LogP) is 4.61. The SMILES string of the molecule is CC(C)N1CC(CNC(=O)c2ccc3c(c2)c2cn(C)nc2n3-c2ccc(C(F)(F)F)cc2)C1. The first-order valence-corrected chi connectivity index (χ1v) is 11.3. The molecule has 0 saturated carbocycles. The first kappa shape index (κ1) is 22.5. The van der Waals surface area contributed by atoms with E-state index >= 15 is 0 Å². The normalized spacial score (nSPS) is 15.4. The number of nitrogens with one attached hydrogen (secondary N) is 1. The lowest BCUT2D eigenvalue weighted by Gasteiger charge is -2.42. The molecule has 0 atom stereocenters. The Bertz CT molecular complexity index is 1360. The minimum atomic E-state index is -4.40. The van der Waals surface area contributed by atoms with E-state index in [2.05, 4.69) is 29.2 Å². The molecule has 0 bridgehead atoms. The van der Waals surface area contributed by atoms with Gasteiger partial charge in [-0.3, -0.25) is 14.0 Å². The van der Waals surface area contributed by atoms with Crippen LogP contribution < -0.4 is 5.32 Å². The van der Waals surface area contributed by atoms with E-state index in [9.17, 15) is 18.0 Å². The van der Waals surface area contributed by atoms with Crippen molar-refractivity contribution in [3.63, 3.8) is 0 Å². The molecule has 0 radical (unpaired) electrons. The van der Waals surface area contributed by atoms with Crippen LogP contribution in [0.5, 0.6) is 0 Å². The van der Waals surface area contributed by atoms with Crippen molar-refractivity contribution >= 4 is 27.8 Å². The minimum Gasteiger partial charge on any atom is -0.352 e. The summed E-state index contributed by atoms with van der Waals surface area (Å²) >= 11 is 0. The molecule has 3 heterocycles. The van der Waals surface area contributed by atoms with Crippen molar-refractivity contribution in [3.05, 3.63) is 59.8 Å². The van der Waals surface area contributed by atoms with Crippen molar-refractivity contribution in [2.24, 2.45) is 13.0 Å². The number of benzene rings is 2. The smallest absolute Gasteiger partial charge is 0.352 e. The molecule has 1 fully saturated rings. The maximum atomic E-state index is 13.0. The second-order valence-electron chi connectivity index (χ2n) is 9.28. The molecule has 9 heteroatoms. The van der Waals surface area contributed by atoms with E-state index in [0.29, 0.717) is 35.4 Å². The number of aromatic nitrogens is 3. The van der Waals surface area contributed by atoms with Gasteiger partial charge in [0.2, 0.25) is 0 Å². The van der Waals surface area contributed by atoms with Crippen LogP contribution in [0.4, 0.5) is 13.2 Å². The summed E-state index contributed by atoms with van der Waals surface area (Å²) in [5.41, 5.74) is 1.82. The van der Waals surface area contributed by atoms with E-state index in [4.69, 9.17) is 0 Å². The van der Waals surface area contributed by atoms with Gasteiger partial charge in [0, 0.05) is 66.9 Å². The second kappa shape index (κ2) is 8.16. The van der Waals surface area contributed by atoms with E-state index < -0.39 is 11.7 Å². The number of fused-ring (bicyclic) bond motifs is 3. The highest BCUT2D eigenvalue weighted by Crippen LogP contribution is 2.34. The van der Waals surface area contributed by atoms with Crippen LogP contribution in [0.3, 0.4) is 0 Å². The fourth-order valence-corrected chi connectivity index (χ4v) is 4.59. The van der Waals surface area contributed by atoms with Crippen LogP contribution in [0.1, 0.15) is 29.8 Å². The molecule has 4 aromatic rings. The number of aryl methyl sites for hydroxylation is 1. The van der Waals surface area contributed by atoms with Gasteiger partial charge in [-0.05, 0) is 56.3 Å². The van der Waals surface area contributed by atoms with Crippen LogP contribution in [-0.4, -0.2) is 50.8 Å². The van der Waals surface area contributed by atoms with Gasteiger partial charge in [0.05, 0.1) is 11.1 Å². The lowest BCUT2D eigenvalue weighted by Crippen LogP contribution is -2.53. The van der Waals surface area contributed by atoms with Crippen LogP contribution in [0.25, 0.3) is 27.6 Å². The first-order chi connectivity index (χ1) is 16.1. The van der Waals surface area contributed by atoms with Gasteiger partial charge in [-0.1, -0.05) is 0 Å². The number of hydrogen-bond donors (Lipinski definition) is 1. The number of hydrogen-bond acceptors (Lipinski definition) is 3. The van der Waals surface area contributed by atoms with Gasteiger partial charge >= 0.3 is 6.18 Å². The Morgan fingerprint density at radius 1 is 1.12 bits per heavy atom. The molecule has 34 heavy (non-hydrogen) atoms. The van der Waals surface area contributed by atoms with Gasteiger partial charge in [0.25, 0.3) is 5.91 Å². The molecule has 0 spiro atoms. The zero-order chi connectivity index (χ0) is 24.2. The number of nitrogens with zero attached hydrogens (tertiary/aromatic N) is 4. The molecule has 0 aliphatic carbocycles. The summed E-state index contributed by atoms with van der Waals surface area (Å²) < 4.78 is 42.5. The average molecular weight is 470 g/mol.